The molecular weight excluding hydrogens is 276 g/mol. The fourth-order valence-corrected chi connectivity index (χ4v) is 3.65. The zero-order valence-corrected chi connectivity index (χ0v) is 13.4. The van der Waals surface area contributed by atoms with Gasteiger partial charge in [0.2, 0.25) is 0 Å². The summed E-state index contributed by atoms with van der Waals surface area (Å²) in [4.78, 5) is 16.5. The van der Waals surface area contributed by atoms with Crippen LogP contribution in [0.25, 0.3) is 10.2 Å². The van der Waals surface area contributed by atoms with Gasteiger partial charge in [-0.1, -0.05) is 27.7 Å². The lowest BCUT2D eigenvalue weighted by Crippen LogP contribution is -2.29. The van der Waals surface area contributed by atoms with Crippen LogP contribution in [0, 0.1) is 22.5 Å². The first kappa shape index (κ1) is 14.5. The topological polar surface area (TPSA) is 37.8 Å². The summed E-state index contributed by atoms with van der Waals surface area (Å²) >= 11 is 6.86. The van der Waals surface area contributed by atoms with Crippen molar-refractivity contribution in [3.8, 4) is 0 Å². The minimum absolute atomic E-state index is 0.0336. The van der Waals surface area contributed by atoms with Crippen molar-refractivity contribution in [1.82, 2.24) is 9.55 Å². The molecule has 1 N–H and O–H groups in total. The summed E-state index contributed by atoms with van der Waals surface area (Å²) in [6.45, 7) is 9.49. The normalized spacial score (nSPS) is 12.2. The van der Waals surface area contributed by atoms with E-state index in [1.807, 2.05) is 11.4 Å². The van der Waals surface area contributed by atoms with E-state index in [1.54, 1.807) is 4.57 Å². The molecule has 2 aromatic heterocycles. The van der Waals surface area contributed by atoms with Gasteiger partial charge in [-0.05, 0) is 41.4 Å². The predicted octanol–water partition coefficient (Wildman–Crippen LogP) is 4.05. The molecule has 0 aromatic carbocycles. The molecule has 0 saturated heterocycles. The Labute approximate surface area is 122 Å². The molecule has 0 radical (unpaired) electrons. The van der Waals surface area contributed by atoms with Crippen molar-refractivity contribution in [3.05, 3.63) is 26.6 Å². The molecule has 19 heavy (non-hydrogen) atoms. The van der Waals surface area contributed by atoms with E-state index in [9.17, 15) is 4.79 Å². The Balaban J connectivity index is 2.50. The zero-order valence-electron chi connectivity index (χ0n) is 11.8. The molecule has 2 rings (SSSR count). The van der Waals surface area contributed by atoms with Crippen LogP contribution >= 0.6 is 23.6 Å². The summed E-state index contributed by atoms with van der Waals surface area (Å²) in [5, 5.41) is 2.66. The van der Waals surface area contributed by atoms with Crippen molar-refractivity contribution in [3.63, 3.8) is 0 Å². The summed E-state index contributed by atoms with van der Waals surface area (Å²) in [5.74, 6) is 1.50. The third kappa shape index (κ3) is 2.82. The highest BCUT2D eigenvalue weighted by Gasteiger charge is 2.19. The summed E-state index contributed by atoms with van der Waals surface area (Å²) in [6.07, 6.45) is 0. The highest BCUT2D eigenvalue weighted by molar-refractivity contribution is 7.71. The van der Waals surface area contributed by atoms with Gasteiger partial charge in [-0.2, -0.15) is 0 Å². The van der Waals surface area contributed by atoms with Crippen LogP contribution in [0.4, 0.5) is 0 Å². The SMILES string of the molecule is CC(C)C(Cn1c(=S)[nH]c2sccc2c1=O)C(C)C. The molecule has 0 aliphatic carbocycles. The third-order valence-electron chi connectivity index (χ3n) is 3.71. The van der Waals surface area contributed by atoms with Crippen LogP contribution in [-0.4, -0.2) is 9.55 Å². The Morgan fingerprint density at radius 1 is 1.32 bits per heavy atom. The molecule has 104 valence electrons. The van der Waals surface area contributed by atoms with Crippen LogP contribution in [0.2, 0.25) is 0 Å². The first-order valence-electron chi connectivity index (χ1n) is 6.62. The average molecular weight is 296 g/mol. The van der Waals surface area contributed by atoms with Crippen LogP contribution in [0.5, 0.6) is 0 Å². The second-order valence-corrected chi connectivity index (χ2v) is 6.96. The molecule has 0 unspecified atom stereocenters. The van der Waals surface area contributed by atoms with Gasteiger partial charge in [0.25, 0.3) is 5.56 Å². The maximum atomic E-state index is 12.5. The minimum Gasteiger partial charge on any atom is -0.323 e. The molecule has 0 amide bonds. The number of H-pyrrole nitrogens is 1. The van der Waals surface area contributed by atoms with Gasteiger partial charge in [0.15, 0.2) is 4.77 Å². The van der Waals surface area contributed by atoms with E-state index in [0.717, 1.165) is 10.2 Å². The van der Waals surface area contributed by atoms with Crippen LogP contribution in [0.15, 0.2) is 16.2 Å². The largest absolute Gasteiger partial charge is 0.323 e. The monoisotopic (exact) mass is 296 g/mol. The minimum atomic E-state index is 0.0336. The number of nitrogens with one attached hydrogen (secondary N) is 1. The molecule has 5 heteroatoms. The van der Waals surface area contributed by atoms with Gasteiger partial charge in [-0.15, -0.1) is 11.3 Å². The van der Waals surface area contributed by atoms with Gasteiger partial charge in [-0.25, -0.2) is 0 Å². The van der Waals surface area contributed by atoms with Crippen LogP contribution in [0.3, 0.4) is 0 Å². The molecule has 3 nitrogen and oxygen atoms in total. The summed E-state index contributed by atoms with van der Waals surface area (Å²) in [5.41, 5.74) is 0.0336. The molecule has 0 saturated carbocycles. The smallest absolute Gasteiger partial charge is 0.263 e. The Bertz CT molecular complexity index is 671. The predicted molar refractivity (Wildman–Crippen MR) is 84.4 cm³/mol. The van der Waals surface area contributed by atoms with E-state index in [1.165, 1.54) is 11.3 Å². The van der Waals surface area contributed by atoms with Crippen LogP contribution in [0.1, 0.15) is 27.7 Å². The highest BCUT2D eigenvalue weighted by atomic mass is 32.1. The van der Waals surface area contributed by atoms with E-state index in [2.05, 4.69) is 32.7 Å². The number of thiophene rings is 1. The van der Waals surface area contributed by atoms with E-state index in [4.69, 9.17) is 12.2 Å². The van der Waals surface area contributed by atoms with E-state index in [0.29, 0.717) is 29.1 Å². The highest BCUT2D eigenvalue weighted by Crippen LogP contribution is 2.22. The zero-order chi connectivity index (χ0) is 14.2. The number of fused-ring (bicyclic) bond motifs is 1. The lowest BCUT2D eigenvalue weighted by atomic mass is 9.85. The second-order valence-electron chi connectivity index (χ2n) is 5.66. The first-order valence-corrected chi connectivity index (χ1v) is 7.91. The van der Waals surface area contributed by atoms with Crippen molar-refractivity contribution in [2.24, 2.45) is 17.8 Å². The van der Waals surface area contributed by atoms with Crippen LogP contribution in [-0.2, 0) is 6.54 Å². The van der Waals surface area contributed by atoms with Crippen molar-refractivity contribution >= 4 is 33.8 Å². The van der Waals surface area contributed by atoms with Crippen molar-refractivity contribution in [2.45, 2.75) is 34.2 Å². The quantitative estimate of drug-likeness (QED) is 0.864. The number of hydrogen-bond acceptors (Lipinski definition) is 3. The maximum absolute atomic E-state index is 12.5. The molecule has 0 aliphatic rings. The Morgan fingerprint density at radius 2 is 1.95 bits per heavy atom. The molecule has 0 aliphatic heterocycles. The molecule has 0 spiro atoms. The number of aromatic nitrogens is 2. The summed E-state index contributed by atoms with van der Waals surface area (Å²) in [7, 11) is 0. The molecular formula is C14H20N2OS2. The Morgan fingerprint density at radius 3 is 2.53 bits per heavy atom. The molecule has 2 heterocycles. The maximum Gasteiger partial charge on any atom is 0.263 e. The molecule has 0 fully saturated rings. The van der Waals surface area contributed by atoms with E-state index < -0.39 is 0 Å². The lowest BCUT2D eigenvalue weighted by molar-refractivity contribution is 0.248. The number of aromatic amines is 1. The molecule has 2 aromatic rings. The third-order valence-corrected chi connectivity index (χ3v) is 4.86. The molecule has 0 bridgehead atoms. The van der Waals surface area contributed by atoms with Gasteiger partial charge in [0.05, 0.1) is 5.39 Å². The standard InChI is InChI=1S/C14H20N2OS2/c1-8(2)11(9(3)4)7-16-13(17)10-5-6-19-12(10)15-14(16)18/h5-6,8-9,11H,7H2,1-4H3,(H,15,18). The fraction of sp³-hybridized carbons (Fsp3) is 0.571. The summed E-state index contributed by atoms with van der Waals surface area (Å²) < 4.78 is 2.25. The van der Waals surface area contributed by atoms with Gasteiger partial charge in [0.1, 0.15) is 4.83 Å². The summed E-state index contributed by atoms with van der Waals surface area (Å²) in [6, 6.07) is 1.86. The molecule has 0 atom stereocenters. The van der Waals surface area contributed by atoms with Crippen LogP contribution < -0.4 is 5.56 Å². The number of nitrogens with zero attached hydrogens (tertiary/aromatic N) is 1. The van der Waals surface area contributed by atoms with Crippen molar-refractivity contribution < 1.29 is 0 Å². The van der Waals surface area contributed by atoms with Gasteiger partial charge < -0.3 is 4.98 Å². The van der Waals surface area contributed by atoms with Crippen molar-refractivity contribution in [2.75, 3.05) is 0 Å². The van der Waals surface area contributed by atoms with E-state index in [-0.39, 0.29) is 5.56 Å². The Kier molecular flexibility index (Phi) is 4.26. The first-order chi connectivity index (χ1) is 8.91. The lowest BCUT2D eigenvalue weighted by Gasteiger charge is -2.25. The van der Waals surface area contributed by atoms with E-state index >= 15 is 0 Å². The Hall–Kier alpha value is -0.940. The van der Waals surface area contributed by atoms with Gasteiger partial charge >= 0.3 is 0 Å². The van der Waals surface area contributed by atoms with Gasteiger partial charge in [-0.3, -0.25) is 9.36 Å². The van der Waals surface area contributed by atoms with Crippen molar-refractivity contribution in [1.29, 1.82) is 0 Å². The number of hydrogen-bond donors (Lipinski definition) is 1. The average Bonchev–Trinajstić information content (AvgIpc) is 2.75. The fourth-order valence-electron chi connectivity index (χ4n) is 2.54. The second kappa shape index (κ2) is 5.59. The van der Waals surface area contributed by atoms with Gasteiger partial charge in [0, 0.05) is 6.54 Å². The number of rotatable bonds is 4.